The highest BCUT2D eigenvalue weighted by Crippen LogP contribution is 2.22. The molecule has 1 unspecified atom stereocenters. The molecule has 1 aliphatic heterocycles. The van der Waals surface area contributed by atoms with E-state index >= 15 is 0 Å². The van der Waals surface area contributed by atoms with E-state index in [-0.39, 0.29) is 22.7 Å². The minimum atomic E-state index is -3.67. The van der Waals surface area contributed by atoms with Crippen LogP contribution >= 0.6 is 0 Å². The first-order chi connectivity index (χ1) is 15.0. The number of rotatable bonds is 7. The molecule has 9 heteroatoms. The zero-order chi connectivity index (χ0) is 23.4. The predicted molar refractivity (Wildman–Crippen MR) is 120 cm³/mol. The summed E-state index contributed by atoms with van der Waals surface area (Å²) in [4.78, 5) is 15.0. The number of hydrogen-bond donors (Lipinski definition) is 2. The molecule has 2 N–H and O–H groups in total. The summed E-state index contributed by atoms with van der Waals surface area (Å²) in [5, 5.41) is 2.93. The molecule has 2 aromatic carbocycles. The van der Waals surface area contributed by atoms with E-state index in [9.17, 15) is 17.6 Å². The highest BCUT2D eigenvalue weighted by molar-refractivity contribution is 7.89. The van der Waals surface area contributed by atoms with Crippen molar-refractivity contribution < 1.29 is 22.3 Å². The fourth-order valence-corrected chi connectivity index (χ4v) is 4.99. The molecule has 1 atom stereocenters. The van der Waals surface area contributed by atoms with Crippen LogP contribution in [0.5, 0.6) is 0 Å². The van der Waals surface area contributed by atoms with Gasteiger partial charge < -0.3 is 10.1 Å². The molecule has 0 aromatic heterocycles. The maximum Gasteiger partial charge on any atom is 0.251 e. The largest absolute Gasteiger partial charge is 0.379 e. The normalized spacial score (nSPS) is 16.5. The number of amides is 1. The lowest BCUT2D eigenvalue weighted by atomic mass is 10.0. The van der Waals surface area contributed by atoms with Crippen LogP contribution in [0.3, 0.4) is 0 Å². The van der Waals surface area contributed by atoms with Crippen LogP contribution in [0.4, 0.5) is 4.39 Å². The summed E-state index contributed by atoms with van der Waals surface area (Å²) in [6.45, 7) is 8.25. The summed E-state index contributed by atoms with van der Waals surface area (Å²) in [5.41, 5.74) is 0.659. The van der Waals surface area contributed by atoms with Crippen molar-refractivity contribution in [2.75, 3.05) is 32.8 Å². The van der Waals surface area contributed by atoms with E-state index in [4.69, 9.17) is 4.74 Å². The summed E-state index contributed by atoms with van der Waals surface area (Å²) in [6.07, 6.45) is 0. The fraction of sp³-hybridized carbons (Fsp3) is 0.435. The van der Waals surface area contributed by atoms with Crippen molar-refractivity contribution in [2.45, 2.75) is 37.2 Å². The first-order valence-electron chi connectivity index (χ1n) is 10.5. The van der Waals surface area contributed by atoms with Gasteiger partial charge in [-0.3, -0.25) is 9.69 Å². The number of carbonyl (C=O) groups is 1. The third kappa shape index (κ3) is 6.59. The van der Waals surface area contributed by atoms with Crippen molar-refractivity contribution >= 4 is 15.9 Å². The van der Waals surface area contributed by atoms with Gasteiger partial charge in [-0.05, 0) is 62.7 Å². The van der Waals surface area contributed by atoms with Gasteiger partial charge in [0.05, 0.1) is 24.2 Å². The van der Waals surface area contributed by atoms with Gasteiger partial charge in [0.2, 0.25) is 10.0 Å². The number of sulfonamides is 1. The highest BCUT2D eigenvalue weighted by atomic mass is 32.2. The second-order valence-corrected chi connectivity index (χ2v) is 10.5. The van der Waals surface area contributed by atoms with Crippen LogP contribution in [0.15, 0.2) is 53.4 Å². The van der Waals surface area contributed by atoms with Crippen LogP contribution < -0.4 is 10.0 Å². The average molecular weight is 464 g/mol. The monoisotopic (exact) mass is 463 g/mol. The number of hydrogen-bond acceptors (Lipinski definition) is 5. The molecule has 7 nitrogen and oxygen atoms in total. The molecule has 32 heavy (non-hydrogen) atoms. The van der Waals surface area contributed by atoms with Crippen molar-refractivity contribution in [3.8, 4) is 0 Å². The fourth-order valence-electron chi connectivity index (χ4n) is 3.57. The van der Waals surface area contributed by atoms with E-state index in [1.165, 1.54) is 36.4 Å². The Bertz CT molecular complexity index is 1010. The van der Waals surface area contributed by atoms with Crippen LogP contribution in [0.1, 0.15) is 42.7 Å². The maximum absolute atomic E-state index is 13.4. The molecule has 0 radical (unpaired) electrons. The second-order valence-electron chi connectivity index (χ2n) is 8.81. The Hall–Kier alpha value is -2.33. The topological polar surface area (TPSA) is 87.7 Å². The molecular formula is C23H30FN3O4S. The second kappa shape index (κ2) is 10.1. The molecule has 2 aromatic rings. The summed E-state index contributed by atoms with van der Waals surface area (Å²) in [7, 11) is -3.67. The third-order valence-corrected chi connectivity index (χ3v) is 6.84. The molecule has 1 saturated heterocycles. The van der Waals surface area contributed by atoms with Gasteiger partial charge in [0.1, 0.15) is 5.82 Å². The number of nitrogens with zero attached hydrogens (tertiary/aromatic N) is 1. The molecule has 1 amide bonds. The lowest BCUT2D eigenvalue weighted by molar-refractivity contribution is 0.0162. The van der Waals surface area contributed by atoms with E-state index in [1.54, 1.807) is 32.9 Å². The molecule has 0 bridgehead atoms. The molecular weight excluding hydrogens is 433 g/mol. The lowest BCUT2D eigenvalue weighted by Crippen LogP contribution is -2.43. The lowest BCUT2D eigenvalue weighted by Gasteiger charge is -2.35. The van der Waals surface area contributed by atoms with Gasteiger partial charge in [0, 0.05) is 30.7 Å². The van der Waals surface area contributed by atoms with Crippen molar-refractivity contribution in [2.24, 2.45) is 0 Å². The van der Waals surface area contributed by atoms with Gasteiger partial charge in [-0.25, -0.2) is 17.5 Å². The van der Waals surface area contributed by atoms with E-state index in [2.05, 4.69) is 14.9 Å². The van der Waals surface area contributed by atoms with E-state index in [0.717, 1.165) is 5.56 Å². The Labute approximate surface area is 189 Å². The minimum absolute atomic E-state index is 0.0986. The standard InChI is InChI=1S/C23H30FN3O4S/c1-23(2,3)26-32(29,30)20-10-6-18(7-11-20)22(28)25-16-21(27-12-14-31-15-13-27)17-4-8-19(24)9-5-17/h4-11,21,26H,12-16H2,1-3H3,(H,25,28). The Morgan fingerprint density at radius 3 is 2.22 bits per heavy atom. The molecule has 1 heterocycles. The molecule has 3 rings (SSSR count). The van der Waals surface area contributed by atoms with E-state index < -0.39 is 15.6 Å². The minimum Gasteiger partial charge on any atom is -0.379 e. The number of ether oxygens (including phenoxy) is 1. The van der Waals surface area contributed by atoms with Gasteiger partial charge in [-0.15, -0.1) is 0 Å². The van der Waals surface area contributed by atoms with Crippen LogP contribution in [-0.2, 0) is 14.8 Å². The summed E-state index contributed by atoms with van der Waals surface area (Å²) < 4.78 is 46.3. The molecule has 0 aliphatic carbocycles. The van der Waals surface area contributed by atoms with Crippen LogP contribution in [0.25, 0.3) is 0 Å². The molecule has 1 aliphatic rings. The smallest absolute Gasteiger partial charge is 0.251 e. The number of benzene rings is 2. The zero-order valence-corrected chi connectivity index (χ0v) is 19.4. The number of nitrogens with one attached hydrogen (secondary N) is 2. The number of halogens is 1. The third-order valence-electron chi connectivity index (χ3n) is 5.06. The van der Waals surface area contributed by atoms with Gasteiger partial charge in [-0.2, -0.15) is 0 Å². The number of morpholine rings is 1. The molecule has 174 valence electrons. The summed E-state index contributed by atoms with van der Waals surface area (Å²) in [5.74, 6) is -0.618. The van der Waals surface area contributed by atoms with Crippen LogP contribution in [0, 0.1) is 5.82 Å². The highest BCUT2D eigenvalue weighted by Gasteiger charge is 2.24. The van der Waals surface area contributed by atoms with E-state index in [0.29, 0.717) is 38.4 Å². The first kappa shape index (κ1) is 24.3. The zero-order valence-electron chi connectivity index (χ0n) is 18.6. The quantitative estimate of drug-likeness (QED) is 0.659. The molecule has 0 spiro atoms. The predicted octanol–water partition coefficient (Wildman–Crippen LogP) is 2.71. The Morgan fingerprint density at radius 1 is 1.06 bits per heavy atom. The van der Waals surface area contributed by atoms with Crippen molar-refractivity contribution in [3.05, 3.63) is 65.5 Å². The van der Waals surface area contributed by atoms with Gasteiger partial charge in [0.25, 0.3) is 5.91 Å². The first-order valence-corrected chi connectivity index (χ1v) is 12.0. The Balaban J connectivity index is 1.70. The van der Waals surface area contributed by atoms with E-state index in [1.807, 2.05) is 0 Å². The Kier molecular flexibility index (Phi) is 7.66. The molecule has 1 fully saturated rings. The van der Waals surface area contributed by atoms with Gasteiger partial charge >= 0.3 is 0 Å². The maximum atomic E-state index is 13.4. The Morgan fingerprint density at radius 2 is 1.66 bits per heavy atom. The average Bonchev–Trinajstić information content (AvgIpc) is 2.74. The number of carbonyl (C=O) groups excluding carboxylic acids is 1. The van der Waals surface area contributed by atoms with Gasteiger partial charge in [-0.1, -0.05) is 12.1 Å². The van der Waals surface area contributed by atoms with Crippen LogP contribution in [-0.4, -0.2) is 57.6 Å². The summed E-state index contributed by atoms with van der Waals surface area (Å²) >= 11 is 0. The van der Waals surface area contributed by atoms with Crippen molar-refractivity contribution in [1.29, 1.82) is 0 Å². The summed E-state index contributed by atoms with van der Waals surface area (Å²) in [6, 6.07) is 12.0. The van der Waals surface area contributed by atoms with Crippen molar-refractivity contribution in [3.63, 3.8) is 0 Å². The van der Waals surface area contributed by atoms with Crippen LogP contribution in [0.2, 0.25) is 0 Å². The SMILES string of the molecule is CC(C)(C)NS(=O)(=O)c1ccc(C(=O)NCC(c2ccc(F)cc2)N2CCOCC2)cc1. The van der Waals surface area contributed by atoms with Crippen molar-refractivity contribution in [1.82, 2.24) is 14.9 Å². The molecule has 0 saturated carbocycles. The van der Waals surface area contributed by atoms with Gasteiger partial charge in [0.15, 0.2) is 0 Å².